The lowest BCUT2D eigenvalue weighted by Gasteiger charge is -2.17. The van der Waals surface area contributed by atoms with Crippen LogP contribution < -0.4 is 15.8 Å². The lowest BCUT2D eigenvalue weighted by Crippen LogP contribution is -2.32. The van der Waals surface area contributed by atoms with E-state index in [4.69, 9.17) is 10.5 Å². The molecule has 5 heteroatoms. The third-order valence-electron chi connectivity index (χ3n) is 3.12. The van der Waals surface area contributed by atoms with Crippen molar-refractivity contribution in [2.24, 2.45) is 0 Å². The van der Waals surface area contributed by atoms with Crippen LogP contribution in [0.1, 0.15) is 20.3 Å². The molecule has 1 amide bonds. The number of rotatable bonds is 9. The monoisotopic (exact) mass is 279 g/mol. The van der Waals surface area contributed by atoms with Crippen LogP contribution in [0.4, 0.5) is 5.69 Å². The average molecular weight is 279 g/mol. The second-order valence-corrected chi connectivity index (χ2v) is 4.59. The van der Waals surface area contributed by atoms with Crippen LogP contribution in [-0.4, -0.2) is 43.6 Å². The molecule has 0 aliphatic carbocycles. The largest absolute Gasteiger partial charge is 0.484 e. The molecule has 1 rings (SSSR count). The van der Waals surface area contributed by atoms with Crippen LogP contribution in [0.5, 0.6) is 5.75 Å². The van der Waals surface area contributed by atoms with E-state index in [1.54, 1.807) is 24.3 Å². The fourth-order valence-corrected chi connectivity index (χ4v) is 1.83. The molecule has 5 nitrogen and oxygen atoms in total. The van der Waals surface area contributed by atoms with Crippen molar-refractivity contribution in [1.29, 1.82) is 0 Å². The molecule has 20 heavy (non-hydrogen) atoms. The van der Waals surface area contributed by atoms with Crippen molar-refractivity contribution < 1.29 is 9.53 Å². The minimum Gasteiger partial charge on any atom is -0.484 e. The zero-order valence-electron chi connectivity index (χ0n) is 12.4. The lowest BCUT2D eigenvalue weighted by molar-refractivity contribution is -0.123. The molecule has 0 spiro atoms. The summed E-state index contributed by atoms with van der Waals surface area (Å²) in [4.78, 5) is 13.9. The van der Waals surface area contributed by atoms with Gasteiger partial charge < -0.3 is 20.7 Å². The molecule has 0 aliphatic rings. The minimum atomic E-state index is -0.0960. The number of hydrogen-bond acceptors (Lipinski definition) is 4. The van der Waals surface area contributed by atoms with Gasteiger partial charge in [-0.15, -0.1) is 0 Å². The summed E-state index contributed by atoms with van der Waals surface area (Å²) in [5.41, 5.74) is 6.25. The molecule has 1 aromatic carbocycles. The molecule has 0 bridgehead atoms. The van der Waals surface area contributed by atoms with E-state index in [0.717, 1.165) is 26.1 Å². The third-order valence-corrected chi connectivity index (χ3v) is 3.12. The summed E-state index contributed by atoms with van der Waals surface area (Å²) in [5.74, 6) is 0.555. The maximum absolute atomic E-state index is 11.6. The predicted octanol–water partition coefficient (Wildman–Crippen LogP) is 1.50. The van der Waals surface area contributed by atoms with Crippen LogP contribution in [0.2, 0.25) is 0 Å². The molecule has 0 heterocycles. The fourth-order valence-electron chi connectivity index (χ4n) is 1.83. The lowest BCUT2D eigenvalue weighted by atomic mass is 10.3. The van der Waals surface area contributed by atoms with Crippen molar-refractivity contribution in [3.05, 3.63) is 24.3 Å². The van der Waals surface area contributed by atoms with Gasteiger partial charge in [0.25, 0.3) is 5.91 Å². The Morgan fingerprint density at radius 2 is 1.90 bits per heavy atom. The zero-order valence-corrected chi connectivity index (χ0v) is 12.4. The standard InChI is InChI=1S/C15H25N3O2/c1-3-18(4-2)11-5-10-17-15(19)12-20-14-8-6-13(16)7-9-14/h6-9H,3-5,10-12,16H2,1-2H3,(H,17,19). The van der Waals surface area contributed by atoms with Crippen molar-refractivity contribution in [2.75, 3.05) is 38.5 Å². The Morgan fingerprint density at radius 1 is 1.25 bits per heavy atom. The summed E-state index contributed by atoms with van der Waals surface area (Å²) >= 11 is 0. The van der Waals surface area contributed by atoms with Crippen LogP contribution in [0.25, 0.3) is 0 Å². The first kappa shape index (κ1) is 16.3. The van der Waals surface area contributed by atoms with E-state index in [2.05, 4.69) is 24.1 Å². The highest BCUT2D eigenvalue weighted by Gasteiger charge is 2.03. The number of ether oxygens (including phenoxy) is 1. The maximum atomic E-state index is 11.6. The van der Waals surface area contributed by atoms with E-state index in [1.807, 2.05) is 0 Å². The van der Waals surface area contributed by atoms with Gasteiger partial charge in [0, 0.05) is 12.2 Å². The van der Waals surface area contributed by atoms with Gasteiger partial charge in [-0.1, -0.05) is 13.8 Å². The molecule has 112 valence electrons. The second kappa shape index (κ2) is 9.20. The van der Waals surface area contributed by atoms with E-state index >= 15 is 0 Å². The van der Waals surface area contributed by atoms with E-state index < -0.39 is 0 Å². The Balaban J connectivity index is 2.13. The molecule has 0 saturated heterocycles. The predicted molar refractivity (Wildman–Crippen MR) is 81.8 cm³/mol. The molecule has 0 saturated carbocycles. The number of hydrogen-bond donors (Lipinski definition) is 2. The summed E-state index contributed by atoms with van der Waals surface area (Å²) in [6.45, 7) is 8.10. The summed E-state index contributed by atoms with van der Waals surface area (Å²) < 4.78 is 5.37. The number of benzene rings is 1. The molecular formula is C15H25N3O2. The molecule has 0 aromatic heterocycles. The highest BCUT2D eigenvalue weighted by molar-refractivity contribution is 5.77. The number of anilines is 1. The molecule has 0 aliphatic heterocycles. The van der Waals surface area contributed by atoms with Gasteiger partial charge in [-0.25, -0.2) is 0 Å². The molecule has 0 fully saturated rings. The smallest absolute Gasteiger partial charge is 0.257 e. The van der Waals surface area contributed by atoms with Gasteiger partial charge in [0.05, 0.1) is 0 Å². The summed E-state index contributed by atoms with van der Waals surface area (Å²) in [7, 11) is 0. The van der Waals surface area contributed by atoms with Gasteiger partial charge in [-0.3, -0.25) is 4.79 Å². The van der Waals surface area contributed by atoms with Crippen LogP contribution in [0.15, 0.2) is 24.3 Å². The number of nitrogens with one attached hydrogen (secondary N) is 1. The summed E-state index contributed by atoms with van der Waals surface area (Å²) in [5, 5.41) is 2.85. The van der Waals surface area contributed by atoms with Crippen molar-refractivity contribution in [3.8, 4) is 5.75 Å². The first-order valence-electron chi connectivity index (χ1n) is 7.13. The first-order valence-corrected chi connectivity index (χ1v) is 7.13. The normalized spacial score (nSPS) is 10.6. The third kappa shape index (κ3) is 6.43. The Labute approximate surface area is 121 Å². The Hall–Kier alpha value is -1.75. The summed E-state index contributed by atoms with van der Waals surface area (Å²) in [6.07, 6.45) is 0.954. The number of nitrogens with two attached hydrogens (primary N) is 1. The minimum absolute atomic E-state index is 0.0369. The van der Waals surface area contributed by atoms with Gasteiger partial charge >= 0.3 is 0 Å². The van der Waals surface area contributed by atoms with Crippen LogP contribution >= 0.6 is 0 Å². The van der Waals surface area contributed by atoms with E-state index in [-0.39, 0.29) is 12.5 Å². The molecule has 3 N–H and O–H groups in total. The molecule has 0 radical (unpaired) electrons. The topological polar surface area (TPSA) is 67.6 Å². The Bertz CT molecular complexity index is 389. The maximum Gasteiger partial charge on any atom is 0.257 e. The SMILES string of the molecule is CCN(CC)CCCNC(=O)COc1ccc(N)cc1. The van der Waals surface area contributed by atoms with Crippen molar-refractivity contribution in [1.82, 2.24) is 10.2 Å². The van der Waals surface area contributed by atoms with E-state index in [0.29, 0.717) is 18.0 Å². The number of amides is 1. The second-order valence-electron chi connectivity index (χ2n) is 4.59. The van der Waals surface area contributed by atoms with E-state index in [1.165, 1.54) is 0 Å². The van der Waals surface area contributed by atoms with E-state index in [9.17, 15) is 4.79 Å². The van der Waals surface area contributed by atoms with Gasteiger partial charge in [0.2, 0.25) is 0 Å². The van der Waals surface area contributed by atoms with Crippen molar-refractivity contribution in [2.45, 2.75) is 20.3 Å². The number of carbonyl (C=O) groups is 1. The average Bonchev–Trinajstić information content (AvgIpc) is 2.47. The number of nitrogens with zero attached hydrogens (tertiary/aromatic N) is 1. The highest BCUT2D eigenvalue weighted by atomic mass is 16.5. The zero-order chi connectivity index (χ0) is 14.8. The Morgan fingerprint density at radius 3 is 2.50 bits per heavy atom. The van der Waals surface area contributed by atoms with Crippen LogP contribution in [0, 0.1) is 0 Å². The number of carbonyl (C=O) groups excluding carboxylic acids is 1. The molecule has 0 unspecified atom stereocenters. The van der Waals surface area contributed by atoms with Gasteiger partial charge in [-0.2, -0.15) is 0 Å². The van der Waals surface area contributed by atoms with Crippen LogP contribution in [0.3, 0.4) is 0 Å². The van der Waals surface area contributed by atoms with Gasteiger partial charge in [0.1, 0.15) is 5.75 Å². The molecule has 0 atom stereocenters. The quantitative estimate of drug-likeness (QED) is 0.531. The molecule has 1 aromatic rings. The van der Waals surface area contributed by atoms with Crippen LogP contribution in [-0.2, 0) is 4.79 Å². The number of nitrogen functional groups attached to an aromatic ring is 1. The summed E-state index contributed by atoms with van der Waals surface area (Å²) in [6, 6.07) is 7.00. The van der Waals surface area contributed by atoms with Crippen molar-refractivity contribution in [3.63, 3.8) is 0 Å². The highest BCUT2D eigenvalue weighted by Crippen LogP contribution is 2.12. The van der Waals surface area contributed by atoms with Crippen molar-refractivity contribution >= 4 is 11.6 Å². The van der Waals surface area contributed by atoms with Gasteiger partial charge in [-0.05, 0) is 50.3 Å². The fraction of sp³-hybridized carbons (Fsp3) is 0.533. The first-order chi connectivity index (χ1) is 9.65. The molecular weight excluding hydrogens is 254 g/mol. The Kier molecular flexibility index (Phi) is 7.50. The van der Waals surface area contributed by atoms with Gasteiger partial charge in [0.15, 0.2) is 6.61 Å².